The van der Waals surface area contributed by atoms with Crippen LogP contribution in [0, 0.1) is 0 Å². The van der Waals surface area contributed by atoms with Crippen LogP contribution in [0.2, 0.25) is 5.02 Å². The minimum absolute atomic E-state index is 0.213. The quantitative estimate of drug-likeness (QED) is 0.457. The fraction of sp³-hybridized carbons (Fsp3) is 0.211. The van der Waals surface area contributed by atoms with Gasteiger partial charge in [0.15, 0.2) is 17.3 Å². The Morgan fingerprint density at radius 1 is 1.13 bits per heavy atom. The van der Waals surface area contributed by atoms with Crippen LogP contribution in [0.4, 0.5) is 5.82 Å². The Kier molecular flexibility index (Phi) is 3.96. The Balaban J connectivity index is 1.60. The van der Waals surface area contributed by atoms with E-state index in [0.29, 0.717) is 27.8 Å². The minimum atomic E-state index is -0.292. The molecule has 1 fully saturated rings. The van der Waals surface area contributed by atoms with Gasteiger partial charge in [0.05, 0.1) is 17.4 Å². The first-order chi connectivity index (χ1) is 15.2. The molecular formula is C19H15ClN10O. The number of hydrogen-bond donors (Lipinski definition) is 1. The molecular weight excluding hydrogens is 420 g/mol. The fourth-order valence-electron chi connectivity index (χ4n) is 4.16. The van der Waals surface area contributed by atoms with Crippen LogP contribution in [0.25, 0.3) is 22.5 Å². The minimum Gasteiger partial charge on any atom is -0.344 e. The van der Waals surface area contributed by atoms with Gasteiger partial charge in [-0.3, -0.25) is 4.79 Å². The molecule has 1 aliphatic rings. The summed E-state index contributed by atoms with van der Waals surface area (Å²) in [6.07, 6.45) is 9.47. The third-order valence-corrected chi connectivity index (χ3v) is 5.79. The van der Waals surface area contributed by atoms with E-state index in [4.69, 9.17) is 16.7 Å². The topological polar surface area (TPSA) is 123 Å². The molecule has 1 unspecified atom stereocenters. The van der Waals surface area contributed by atoms with Crippen molar-refractivity contribution in [2.75, 3.05) is 11.4 Å². The zero-order valence-electron chi connectivity index (χ0n) is 16.1. The number of anilines is 1. The molecule has 154 valence electrons. The second kappa shape index (κ2) is 6.84. The zero-order valence-corrected chi connectivity index (χ0v) is 16.8. The number of imidazole rings is 1. The predicted molar refractivity (Wildman–Crippen MR) is 112 cm³/mol. The highest BCUT2D eigenvalue weighted by atomic mass is 35.5. The van der Waals surface area contributed by atoms with Crippen molar-refractivity contribution in [2.24, 2.45) is 0 Å². The average Bonchev–Trinajstić information content (AvgIpc) is 3.53. The van der Waals surface area contributed by atoms with Gasteiger partial charge in [-0.25, -0.2) is 34.0 Å². The molecule has 0 aromatic carbocycles. The number of H-pyrrole nitrogens is 1. The molecule has 5 aromatic heterocycles. The molecule has 6 rings (SSSR count). The summed E-state index contributed by atoms with van der Waals surface area (Å²) >= 11 is 6.28. The van der Waals surface area contributed by atoms with E-state index in [2.05, 4.69) is 34.8 Å². The molecule has 0 saturated carbocycles. The van der Waals surface area contributed by atoms with Gasteiger partial charge in [-0.05, 0) is 25.0 Å². The second-order valence-electron chi connectivity index (χ2n) is 7.17. The van der Waals surface area contributed by atoms with Gasteiger partial charge in [-0.15, -0.1) is 0 Å². The molecule has 1 saturated heterocycles. The van der Waals surface area contributed by atoms with Crippen molar-refractivity contribution < 1.29 is 0 Å². The van der Waals surface area contributed by atoms with Crippen LogP contribution in [-0.2, 0) is 0 Å². The first kappa shape index (κ1) is 18.0. The number of aromatic nitrogens is 9. The highest BCUT2D eigenvalue weighted by Crippen LogP contribution is 2.36. The van der Waals surface area contributed by atoms with E-state index in [1.54, 1.807) is 30.9 Å². The number of halogens is 1. The van der Waals surface area contributed by atoms with Crippen LogP contribution in [0.5, 0.6) is 0 Å². The maximum atomic E-state index is 13.5. The molecule has 11 nitrogen and oxygen atoms in total. The van der Waals surface area contributed by atoms with Gasteiger partial charge in [0.25, 0.3) is 5.56 Å². The van der Waals surface area contributed by atoms with Crippen LogP contribution < -0.4 is 10.5 Å². The normalized spacial score (nSPS) is 16.5. The van der Waals surface area contributed by atoms with Gasteiger partial charge in [0.2, 0.25) is 0 Å². The molecule has 31 heavy (non-hydrogen) atoms. The number of rotatable bonds is 3. The number of hydrogen-bond acceptors (Lipinski definition) is 8. The highest BCUT2D eigenvalue weighted by molar-refractivity contribution is 6.33. The van der Waals surface area contributed by atoms with Crippen molar-refractivity contribution in [1.82, 2.24) is 44.1 Å². The summed E-state index contributed by atoms with van der Waals surface area (Å²) in [7, 11) is 0. The lowest BCUT2D eigenvalue weighted by Crippen LogP contribution is -2.33. The van der Waals surface area contributed by atoms with Crippen molar-refractivity contribution in [3.8, 4) is 5.82 Å². The summed E-state index contributed by atoms with van der Waals surface area (Å²) in [6, 6.07) is 3.12. The van der Waals surface area contributed by atoms with E-state index >= 15 is 0 Å². The van der Waals surface area contributed by atoms with Crippen molar-refractivity contribution in [2.45, 2.75) is 18.9 Å². The standard InChI is InChI=1S/C19H15ClN10O/c20-11-4-7-29-15(11)19(31)30(13-3-5-21-8-22-13)17(27-29)12-2-1-6-28(12)18-14-16(24-9-23-14)25-10-26-18/h3-5,7-10,12H,1-2,6H2,(H,23,24,25,26). The van der Waals surface area contributed by atoms with Gasteiger partial charge in [-0.2, -0.15) is 5.10 Å². The Morgan fingerprint density at radius 3 is 2.94 bits per heavy atom. The smallest absolute Gasteiger partial charge is 0.285 e. The number of fused-ring (bicyclic) bond motifs is 2. The van der Waals surface area contributed by atoms with Crippen LogP contribution >= 0.6 is 11.6 Å². The van der Waals surface area contributed by atoms with Gasteiger partial charge < -0.3 is 9.88 Å². The molecule has 1 atom stereocenters. The summed E-state index contributed by atoms with van der Waals surface area (Å²) in [5.74, 6) is 1.70. The molecule has 0 bridgehead atoms. The lowest BCUT2D eigenvalue weighted by molar-refractivity contribution is 0.597. The van der Waals surface area contributed by atoms with E-state index in [1.165, 1.54) is 21.7 Å². The molecule has 1 aliphatic heterocycles. The first-order valence-corrected chi connectivity index (χ1v) is 10.1. The van der Waals surface area contributed by atoms with Crippen molar-refractivity contribution in [3.05, 3.63) is 64.7 Å². The Hall–Kier alpha value is -3.86. The van der Waals surface area contributed by atoms with Crippen LogP contribution in [-0.4, -0.2) is 50.6 Å². The number of nitrogens with zero attached hydrogens (tertiary/aromatic N) is 9. The van der Waals surface area contributed by atoms with Gasteiger partial charge in [0, 0.05) is 18.9 Å². The second-order valence-corrected chi connectivity index (χ2v) is 7.58. The summed E-state index contributed by atoms with van der Waals surface area (Å²) in [5.41, 5.74) is 1.34. The Bertz CT molecular complexity index is 1470. The third kappa shape index (κ3) is 2.70. The van der Waals surface area contributed by atoms with Crippen molar-refractivity contribution in [1.29, 1.82) is 0 Å². The summed E-state index contributed by atoms with van der Waals surface area (Å²) in [5, 5.41) is 5.12. The monoisotopic (exact) mass is 434 g/mol. The first-order valence-electron chi connectivity index (χ1n) is 9.69. The van der Waals surface area contributed by atoms with Gasteiger partial charge in [0.1, 0.15) is 29.5 Å². The number of nitrogens with one attached hydrogen (secondary N) is 1. The van der Waals surface area contributed by atoms with E-state index in [-0.39, 0.29) is 11.6 Å². The number of aromatic amines is 1. The van der Waals surface area contributed by atoms with E-state index in [9.17, 15) is 4.79 Å². The molecule has 0 radical (unpaired) electrons. The lowest BCUT2D eigenvalue weighted by atomic mass is 10.2. The average molecular weight is 435 g/mol. The summed E-state index contributed by atoms with van der Waals surface area (Å²) in [4.78, 5) is 40.0. The van der Waals surface area contributed by atoms with Crippen molar-refractivity contribution >= 4 is 34.1 Å². The Morgan fingerprint density at radius 2 is 2.06 bits per heavy atom. The molecule has 0 aliphatic carbocycles. The molecule has 5 aromatic rings. The molecule has 6 heterocycles. The van der Waals surface area contributed by atoms with Gasteiger partial charge >= 0.3 is 0 Å². The molecule has 0 spiro atoms. The Labute approximate surface area is 179 Å². The van der Waals surface area contributed by atoms with E-state index < -0.39 is 0 Å². The summed E-state index contributed by atoms with van der Waals surface area (Å²) < 4.78 is 3.04. The van der Waals surface area contributed by atoms with E-state index in [0.717, 1.165) is 30.7 Å². The zero-order chi connectivity index (χ0) is 20.9. The van der Waals surface area contributed by atoms with Crippen LogP contribution in [0.15, 0.2) is 48.3 Å². The highest BCUT2D eigenvalue weighted by Gasteiger charge is 2.34. The largest absolute Gasteiger partial charge is 0.344 e. The predicted octanol–water partition coefficient (Wildman–Crippen LogP) is 1.94. The van der Waals surface area contributed by atoms with Gasteiger partial charge in [-0.1, -0.05) is 11.6 Å². The summed E-state index contributed by atoms with van der Waals surface area (Å²) in [6.45, 7) is 0.750. The molecule has 0 amide bonds. The van der Waals surface area contributed by atoms with Crippen molar-refractivity contribution in [3.63, 3.8) is 0 Å². The molecule has 1 N–H and O–H groups in total. The lowest BCUT2D eigenvalue weighted by Gasteiger charge is -2.27. The SMILES string of the molecule is O=c1c2c(Cl)ccn2nc(C2CCCN2c2ncnc3nc[nH]c23)n1-c1ccncn1. The maximum Gasteiger partial charge on any atom is 0.285 e. The molecule has 12 heteroatoms. The van der Waals surface area contributed by atoms with E-state index in [1.807, 2.05) is 0 Å². The fourth-order valence-corrected chi connectivity index (χ4v) is 4.38. The van der Waals surface area contributed by atoms with Crippen LogP contribution in [0.1, 0.15) is 24.7 Å². The third-order valence-electron chi connectivity index (χ3n) is 5.48. The van der Waals surface area contributed by atoms with Crippen LogP contribution in [0.3, 0.4) is 0 Å². The maximum absolute atomic E-state index is 13.5.